The first-order valence-electron chi connectivity index (χ1n) is 9.38. The molecule has 0 amide bonds. The molecule has 1 aromatic heterocycles. The van der Waals surface area contributed by atoms with Crippen LogP contribution in [0.15, 0.2) is 69.1 Å². The second kappa shape index (κ2) is 8.41. The van der Waals surface area contributed by atoms with Gasteiger partial charge in [0, 0.05) is 11.0 Å². The molecule has 29 heavy (non-hydrogen) atoms. The van der Waals surface area contributed by atoms with Crippen molar-refractivity contribution in [1.82, 2.24) is 9.13 Å². The minimum absolute atomic E-state index is 0.0642. The molecule has 2 aromatic carbocycles. The van der Waals surface area contributed by atoms with Crippen molar-refractivity contribution in [2.75, 3.05) is 19.5 Å². The highest BCUT2D eigenvalue weighted by Gasteiger charge is 2.21. The highest BCUT2D eigenvalue weighted by atomic mass is 32.2. The molecule has 0 atom stereocenters. The zero-order chi connectivity index (χ0) is 20.4. The molecule has 150 valence electrons. The normalized spacial score (nSPS) is 14.4. The van der Waals surface area contributed by atoms with Crippen LogP contribution >= 0.6 is 11.8 Å². The van der Waals surface area contributed by atoms with Gasteiger partial charge in [-0.2, -0.15) is 0 Å². The van der Waals surface area contributed by atoms with E-state index in [4.69, 9.17) is 9.47 Å². The summed E-state index contributed by atoms with van der Waals surface area (Å²) in [4.78, 5) is 27.3. The molecule has 0 bridgehead atoms. The van der Waals surface area contributed by atoms with Crippen LogP contribution in [0.25, 0.3) is 16.9 Å². The van der Waals surface area contributed by atoms with E-state index in [9.17, 15) is 9.59 Å². The van der Waals surface area contributed by atoms with Crippen LogP contribution in [-0.4, -0.2) is 34.9 Å². The fourth-order valence-electron chi connectivity index (χ4n) is 3.32. The quantitative estimate of drug-likeness (QED) is 0.605. The van der Waals surface area contributed by atoms with E-state index in [1.165, 1.54) is 10.6 Å². The lowest BCUT2D eigenvalue weighted by Gasteiger charge is -2.17. The molecule has 1 aliphatic heterocycles. The summed E-state index contributed by atoms with van der Waals surface area (Å²) in [7, 11) is 0. The first kappa shape index (κ1) is 19.7. The number of hydrogen-bond donors (Lipinski definition) is 0. The van der Waals surface area contributed by atoms with Crippen LogP contribution in [0.2, 0.25) is 0 Å². The SMILES string of the molecule is CSc1ccc(-n2c(-c3ccc(C)cc3)cc(=O)n(CC3OCCO3)c2=O)cc1. The Labute approximate surface area is 172 Å². The number of thioether (sulfide) groups is 1. The monoisotopic (exact) mass is 410 g/mol. The molecule has 1 aliphatic rings. The molecule has 3 aromatic rings. The standard InChI is InChI=1S/C22H22N2O4S/c1-15-3-5-16(6-4-15)19-13-20(25)23(14-21-27-11-12-28-21)22(26)24(19)17-7-9-18(29-2)10-8-17/h3-10,13,21H,11-12,14H2,1-2H3. The van der Waals surface area contributed by atoms with Crippen LogP contribution in [-0.2, 0) is 16.0 Å². The van der Waals surface area contributed by atoms with Crippen molar-refractivity contribution in [1.29, 1.82) is 0 Å². The molecule has 2 heterocycles. The van der Waals surface area contributed by atoms with Crippen molar-refractivity contribution in [2.24, 2.45) is 0 Å². The molecule has 1 fully saturated rings. The summed E-state index contributed by atoms with van der Waals surface area (Å²) in [6, 6.07) is 17.0. The maximum Gasteiger partial charge on any atom is 0.336 e. The number of benzene rings is 2. The van der Waals surface area contributed by atoms with Gasteiger partial charge in [0.1, 0.15) is 0 Å². The summed E-state index contributed by atoms with van der Waals surface area (Å²) >= 11 is 1.63. The van der Waals surface area contributed by atoms with Gasteiger partial charge in [-0.25, -0.2) is 4.79 Å². The summed E-state index contributed by atoms with van der Waals surface area (Å²) in [6.07, 6.45) is 1.42. The Bertz CT molecular complexity index is 1110. The van der Waals surface area contributed by atoms with Crippen molar-refractivity contribution in [2.45, 2.75) is 24.7 Å². The summed E-state index contributed by atoms with van der Waals surface area (Å²) in [5.41, 5.74) is 2.38. The van der Waals surface area contributed by atoms with Crippen molar-refractivity contribution in [3.8, 4) is 16.9 Å². The van der Waals surface area contributed by atoms with Crippen LogP contribution in [0.1, 0.15) is 5.56 Å². The van der Waals surface area contributed by atoms with Crippen LogP contribution < -0.4 is 11.2 Å². The minimum atomic E-state index is -0.585. The molecular weight excluding hydrogens is 388 g/mol. The number of nitrogens with zero attached hydrogens (tertiary/aromatic N) is 2. The summed E-state index contributed by atoms with van der Waals surface area (Å²) in [6.45, 7) is 2.99. The largest absolute Gasteiger partial charge is 0.348 e. The Morgan fingerprint density at radius 3 is 2.28 bits per heavy atom. The molecule has 0 aliphatic carbocycles. The Hall–Kier alpha value is -2.61. The second-order valence-electron chi connectivity index (χ2n) is 6.83. The number of aromatic nitrogens is 2. The number of aryl methyl sites for hydroxylation is 1. The van der Waals surface area contributed by atoms with E-state index in [0.29, 0.717) is 24.6 Å². The Morgan fingerprint density at radius 2 is 1.66 bits per heavy atom. The number of rotatable bonds is 5. The van der Waals surface area contributed by atoms with Gasteiger partial charge in [-0.15, -0.1) is 11.8 Å². The van der Waals surface area contributed by atoms with Crippen molar-refractivity contribution in [3.63, 3.8) is 0 Å². The molecule has 0 spiro atoms. The van der Waals surface area contributed by atoms with Crippen LogP contribution in [0, 0.1) is 6.92 Å². The number of ether oxygens (including phenoxy) is 2. The fourth-order valence-corrected chi connectivity index (χ4v) is 3.73. The average Bonchev–Trinajstić information content (AvgIpc) is 3.25. The Kier molecular flexibility index (Phi) is 5.71. The average molecular weight is 410 g/mol. The van der Waals surface area contributed by atoms with Crippen LogP contribution in [0.4, 0.5) is 0 Å². The zero-order valence-electron chi connectivity index (χ0n) is 16.3. The van der Waals surface area contributed by atoms with Gasteiger partial charge in [-0.3, -0.25) is 13.9 Å². The van der Waals surface area contributed by atoms with Gasteiger partial charge in [0.2, 0.25) is 0 Å². The summed E-state index contributed by atoms with van der Waals surface area (Å²) < 4.78 is 13.6. The third kappa shape index (κ3) is 4.07. The zero-order valence-corrected chi connectivity index (χ0v) is 17.1. The van der Waals surface area contributed by atoms with Crippen molar-refractivity contribution >= 4 is 11.8 Å². The first-order valence-corrected chi connectivity index (χ1v) is 10.6. The summed E-state index contributed by atoms with van der Waals surface area (Å²) in [5.74, 6) is 0. The molecule has 6 nitrogen and oxygen atoms in total. The first-order chi connectivity index (χ1) is 14.1. The maximum atomic E-state index is 13.4. The Morgan fingerprint density at radius 1 is 1.00 bits per heavy atom. The van der Waals surface area contributed by atoms with E-state index in [1.807, 2.05) is 61.7 Å². The van der Waals surface area contributed by atoms with Crippen molar-refractivity contribution < 1.29 is 9.47 Å². The highest BCUT2D eigenvalue weighted by molar-refractivity contribution is 7.98. The third-order valence-corrected chi connectivity index (χ3v) is 5.63. The second-order valence-corrected chi connectivity index (χ2v) is 7.71. The van der Waals surface area contributed by atoms with E-state index >= 15 is 0 Å². The molecule has 4 rings (SSSR count). The van der Waals surface area contributed by atoms with Gasteiger partial charge in [-0.05, 0) is 43.0 Å². The van der Waals surface area contributed by atoms with Gasteiger partial charge in [0.25, 0.3) is 5.56 Å². The van der Waals surface area contributed by atoms with E-state index in [1.54, 1.807) is 16.3 Å². The molecule has 0 saturated carbocycles. The smallest absolute Gasteiger partial charge is 0.336 e. The number of hydrogen-bond acceptors (Lipinski definition) is 5. The molecule has 0 radical (unpaired) electrons. The summed E-state index contributed by atoms with van der Waals surface area (Å²) in [5, 5.41) is 0. The fraction of sp³-hybridized carbons (Fsp3) is 0.273. The predicted molar refractivity (Wildman–Crippen MR) is 114 cm³/mol. The van der Waals surface area contributed by atoms with E-state index in [2.05, 4.69) is 0 Å². The predicted octanol–water partition coefficient (Wildman–Crippen LogP) is 3.07. The molecule has 7 heteroatoms. The lowest BCUT2D eigenvalue weighted by atomic mass is 10.1. The van der Waals surface area contributed by atoms with E-state index in [0.717, 1.165) is 16.0 Å². The Balaban J connectivity index is 1.90. The van der Waals surface area contributed by atoms with Gasteiger partial charge in [0.15, 0.2) is 6.29 Å². The molecule has 0 N–H and O–H groups in total. The maximum absolute atomic E-state index is 13.4. The van der Waals surface area contributed by atoms with Gasteiger partial charge in [0.05, 0.1) is 31.1 Å². The van der Waals surface area contributed by atoms with Gasteiger partial charge < -0.3 is 9.47 Å². The van der Waals surface area contributed by atoms with E-state index < -0.39 is 12.0 Å². The van der Waals surface area contributed by atoms with Crippen LogP contribution in [0.3, 0.4) is 0 Å². The topological polar surface area (TPSA) is 62.5 Å². The van der Waals surface area contributed by atoms with Gasteiger partial charge >= 0.3 is 5.69 Å². The lowest BCUT2D eigenvalue weighted by molar-refractivity contribution is -0.0539. The highest BCUT2D eigenvalue weighted by Crippen LogP contribution is 2.23. The third-order valence-electron chi connectivity index (χ3n) is 4.89. The minimum Gasteiger partial charge on any atom is -0.348 e. The molecule has 0 unspecified atom stereocenters. The van der Waals surface area contributed by atoms with Gasteiger partial charge in [-0.1, -0.05) is 29.8 Å². The molecular formula is C22H22N2O4S. The van der Waals surface area contributed by atoms with E-state index in [-0.39, 0.29) is 12.1 Å². The van der Waals surface area contributed by atoms with Crippen molar-refractivity contribution in [3.05, 3.63) is 81.0 Å². The molecule has 1 saturated heterocycles. The lowest BCUT2D eigenvalue weighted by Crippen LogP contribution is -2.42. The van der Waals surface area contributed by atoms with Crippen LogP contribution in [0.5, 0.6) is 0 Å².